The lowest BCUT2D eigenvalue weighted by Crippen LogP contribution is -2.46. The van der Waals surface area contributed by atoms with Gasteiger partial charge in [0.25, 0.3) is 0 Å². The lowest BCUT2D eigenvalue weighted by Gasteiger charge is -2.27. The lowest BCUT2D eigenvalue weighted by molar-refractivity contribution is -0.0987. The topological polar surface area (TPSA) is 108 Å². The van der Waals surface area contributed by atoms with Crippen LogP contribution in [0.2, 0.25) is 0 Å². The van der Waals surface area contributed by atoms with Crippen molar-refractivity contribution in [1.29, 1.82) is 0 Å². The van der Waals surface area contributed by atoms with Gasteiger partial charge in [0.15, 0.2) is 6.23 Å². The van der Waals surface area contributed by atoms with Crippen LogP contribution in [0.3, 0.4) is 0 Å². The number of nitrogens with zero attached hydrogens (tertiary/aromatic N) is 1. The molecule has 18 heavy (non-hydrogen) atoms. The number of H-pyrrole nitrogens is 1. The molecule has 7 nitrogen and oxygen atoms in total. The van der Waals surface area contributed by atoms with Crippen molar-refractivity contribution in [2.45, 2.75) is 31.0 Å². The number of aliphatic hydroxyl groups is 3. The van der Waals surface area contributed by atoms with Crippen LogP contribution >= 0.6 is 12.2 Å². The van der Waals surface area contributed by atoms with Crippen LogP contribution < -0.4 is 5.69 Å². The Morgan fingerprint density at radius 2 is 2.33 bits per heavy atom. The Morgan fingerprint density at radius 3 is 2.83 bits per heavy atom. The number of nitrogens with one attached hydrogen (secondary N) is 1. The number of hydrogen-bond acceptors (Lipinski definition) is 6. The zero-order valence-corrected chi connectivity index (χ0v) is 10.4. The van der Waals surface area contributed by atoms with Crippen molar-refractivity contribution >= 4 is 12.2 Å². The van der Waals surface area contributed by atoms with Gasteiger partial charge in [-0.1, -0.05) is 12.2 Å². The molecule has 1 aromatic rings. The minimum absolute atomic E-state index is 0.258. The van der Waals surface area contributed by atoms with Gasteiger partial charge in [0.05, 0.1) is 6.61 Å². The van der Waals surface area contributed by atoms with Gasteiger partial charge in [0.1, 0.15) is 22.4 Å². The van der Waals surface area contributed by atoms with Crippen LogP contribution in [0, 0.1) is 4.64 Å². The Hall–Kier alpha value is -1.06. The highest BCUT2D eigenvalue weighted by Crippen LogP contribution is 2.37. The van der Waals surface area contributed by atoms with Gasteiger partial charge in [-0.05, 0) is 13.0 Å². The summed E-state index contributed by atoms with van der Waals surface area (Å²) in [5.74, 6) is 0. The summed E-state index contributed by atoms with van der Waals surface area (Å²) in [6, 6.07) is 1.47. The number of aromatic nitrogens is 2. The molecule has 4 N–H and O–H groups in total. The Kier molecular flexibility index (Phi) is 3.39. The molecular weight excluding hydrogens is 260 g/mol. The van der Waals surface area contributed by atoms with Crippen molar-refractivity contribution in [3.8, 4) is 0 Å². The molecule has 1 aliphatic heterocycles. The molecule has 0 radical (unpaired) electrons. The Balaban J connectivity index is 2.45. The van der Waals surface area contributed by atoms with E-state index in [9.17, 15) is 15.0 Å². The maximum Gasteiger partial charge on any atom is 0.328 e. The summed E-state index contributed by atoms with van der Waals surface area (Å²) in [7, 11) is 0. The van der Waals surface area contributed by atoms with Gasteiger partial charge in [-0.25, -0.2) is 4.79 Å². The van der Waals surface area contributed by atoms with Gasteiger partial charge in [-0.2, -0.15) is 0 Å². The molecule has 4 atom stereocenters. The summed E-state index contributed by atoms with van der Waals surface area (Å²) in [6.45, 7) is 0.886. The fourth-order valence-electron chi connectivity index (χ4n) is 2.00. The summed E-state index contributed by atoms with van der Waals surface area (Å²) < 4.78 is 6.65. The Morgan fingerprint density at radius 1 is 1.67 bits per heavy atom. The van der Waals surface area contributed by atoms with E-state index in [1.54, 1.807) is 0 Å². The normalized spacial score (nSPS) is 35.9. The van der Waals surface area contributed by atoms with Crippen LogP contribution in [0.4, 0.5) is 0 Å². The van der Waals surface area contributed by atoms with Crippen LogP contribution in [0.1, 0.15) is 13.2 Å². The number of ether oxygens (including phenoxy) is 1. The second-order valence-corrected chi connectivity index (χ2v) is 4.84. The third-order valence-electron chi connectivity index (χ3n) is 3.04. The van der Waals surface area contributed by atoms with Crippen LogP contribution in [-0.4, -0.2) is 49.3 Å². The van der Waals surface area contributed by atoms with Gasteiger partial charge in [0, 0.05) is 6.20 Å². The van der Waals surface area contributed by atoms with Gasteiger partial charge in [-0.15, -0.1) is 0 Å². The minimum Gasteiger partial charge on any atom is -0.394 e. The highest BCUT2D eigenvalue weighted by molar-refractivity contribution is 7.71. The van der Waals surface area contributed by atoms with Gasteiger partial charge < -0.3 is 20.1 Å². The molecule has 1 aromatic heterocycles. The van der Waals surface area contributed by atoms with Gasteiger partial charge in [0.2, 0.25) is 0 Å². The molecule has 0 aromatic carbocycles. The van der Waals surface area contributed by atoms with E-state index in [4.69, 9.17) is 22.1 Å². The van der Waals surface area contributed by atoms with Crippen LogP contribution in [0.5, 0.6) is 0 Å². The van der Waals surface area contributed by atoms with Crippen molar-refractivity contribution in [3.05, 3.63) is 27.4 Å². The standard InChI is InChI=1S/C10H14N2O5S/c1-10(16)7(14)5(4-13)17-8(10)12-3-2-6(18)11-9(12)15/h2-3,5,7-8,13-14,16H,4H2,1H3,(H,11,15,18)/t5?,7-,8+,10?/m0/s1. The molecule has 2 rings (SSSR count). The maximum absolute atomic E-state index is 11.7. The molecule has 0 amide bonds. The lowest BCUT2D eigenvalue weighted by atomic mass is 9.96. The molecule has 1 saturated heterocycles. The largest absolute Gasteiger partial charge is 0.394 e. The summed E-state index contributed by atoms with van der Waals surface area (Å²) >= 11 is 4.80. The first-order valence-corrected chi connectivity index (χ1v) is 5.77. The number of rotatable bonds is 2. The fourth-order valence-corrected chi connectivity index (χ4v) is 2.15. The molecule has 1 fully saturated rings. The first-order valence-electron chi connectivity index (χ1n) is 5.36. The smallest absolute Gasteiger partial charge is 0.328 e. The molecule has 2 heterocycles. The first-order chi connectivity index (χ1) is 8.37. The summed E-state index contributed by atoms with van der Waals surface area (Å²) in [6.07, 6.45) is -1.96. The molecule has 2 unspecified atom stereocenters. The van der Waals surface area contributed by atoms with E-state index >= 15 is 0 Å². The summed E-state index contributed by atoms with van der Waals surface area (Å²) in [4.78, 5) is 14.1. The average molecular weight is 274 g/mol. The monoisotopic (exact) mass is 274 g/mol. The van der Waals surface area contributed by atoms with Crippen molar-refractivity contribution in [2.24, 2.45) is 0 Å². The van der Waals surface area contributed by atoms with E-state index in [-0.39, 0.29) is 4.64 Å². The molecular formula is C10H14N2O5S. The van der Waals surface area contributed by atoms with E-state index < -0.39 is 36.3 Å². The van der Waals surface area contributed by atoms with Gasteiger partial charge in [-0.3, -0.25) is 9.55 Å². The predicted octanol–water partition coefficient (Wildman–Crippen LogP) is -1.09. The zero-order valence-electron chi connectivity index (χ0n) is 9.61. The van der Waals surface area contributed by atoms with E-state index in [2.05, 4.69) is 4.98 Å². The average Bonchev–Trinajstić information content (AvgIpc) is 2.52. The van der Waals surface area contributed by atoms with Crippen LogP contribution in [0.25, 0.3) is 0 Å². The minimum atomic E-state index is -1.69. The van der Waals surface area contributed by atoms with E-state index in [1.807, 2.05) is 0 Å². The third-order valence-corrected chi connectivity index (χ3v) is 3.28. The van der Waals surface area contributed by atoms with E-state index in [1.165, 1.54) is 19.2 Å². The van der Waals surface area contributed by atoms with Crippen molar-refractivity contribution in [1.82, 2.24) is 9.55 Å². The Labute approximate surface area is 107 Å². The van der Waals surface area contributed by atoms with Crippen LogP contribution in [0.15, 0.2) is 17.1 Å². The predicted molar refractivity (Wildman–Crippen MR) is 63.5 cm³/mol. The summed E-state index contributed by atoms with van der Waals surface area (Å²) in [5.41, 5.74) is -2.24. The summed E-state index contributed by atoms with van der Waals surface area (Å²) in [5, 5.41) is 29.0. The van der Waals surface area contributed by atoms with Crippen LogP contribution in [-0.2, 0) is 4.74 Å². The molecule has 0 aliphatic carbocycles. The van der Waals surface area contributed by atoms with Crippen molar-refractivity contribution in [2.75, 3.05) is 6.61 Å². The number of aromatic amines is 1. The quantitative estimate of drug-likeness (QED) is 0.510. The second-order valence-electron chi connectivity index (χ2n) is 4.40. The van der Waals surface area contributed by atoms with E-state index in [0.29, 0.717) is 0 Å². The first kappa shape index (κ1) is 13.4. The second kappa shape index (κ2) is 4.56. The molecule has 1 aliphatic rings. The highest BCUT2D eigenvalue weighted by Gasteiger charge is 2.53. The number of hydrogen-bond donors (Lipinski definition) is 4. The molecule has 0 spiro atoms. The Bertz CT molecular complexity index is 552. The fraction of sp³-hybridized carbons (Fsp3) is 0.600. The van der Waals surface area contributed by atoms with Gasteiger partial charge >= 0.3 is 5.69 Å². The molecule has 8 heteroatoms. The van der Waals surface area contributed by atoms with Crippen molar-refractivity contribution < 1.29 is 20.1 Å². The number of aliphatic hydroxyl groups excluding tert-OH is 2. The molecule has 0 bridgehead atoms. The third kappa shape index (κ3) is 2.02. The highest BCUT2D eigenvalue weighted by atomic mass is 32.1. The zero-order chi connectivity index (χ0) is 13.5. The SMILES string of the molecule is CC1(O)[C@@H](O)C(CO)O[C@H]1n1ccc(=S)[nH]c1=O. The van der Waals surface area contributed by atoms with E-state index in [0.717, 1.165) is 4.57 Å². The van der Waals surface area contributed by atoms with Crippen molar-refractivity contribution in [3.63, 3.8) is 0 Å². The molecule has 0 saturated carbocycles. The maximum atomic E-state index is 11.7. The molecule has 100 valence electrons.